The molecule has 0 spiro atoms. The van der Waals surface area contributed by atoms with E-state index in [1.54, 1.807) is 28.9 Å². The van der Waals surface area contributed by atoms with Crippen LogP contribution in [0.4, 0.5) is 5.69 Å². The second-order valence-corrected chi connectivity index (χ2v) is 8.26. The van der Waals surface area contributed by atoms with Crippen molar-refractivity contribution >= 4 is 54.7 Å². The minimum atomic E-state index is -3.64. The summed E-state index contributed by atoms with van der Waals surface area (Å²) < 4.78 is 34.8. The van der Waals surface area contributed by atoms with E-state index in [0.717, 1.165) is 6.26 Å². The normalized spacial score (nSPS) is 12.9. The van der Waals surface area contributed by atoms with Gasteiger partial charge in [0.15, 0.2) is 5.36 Å². The summed E-state index contributed by atoms with van der Waals surface area (Å²) in [5, 5.41) is 15.9. The van der Waals surface area contributed by atoms with Gasteiger partial charge in [0.1, 0.15) is 5.58 Å². The molecule has 0 saturated carbocycles. The van der Waals surface area contributed by atoms with Gasteiger partial charge in [-0.25, -0.2) is 4.99 Å². The third kappa shape index (κ3) is 3.46. The fraction of sp³-hybridized carbons (Fsp3) is 0.222. The molecule has 1 amide bonds. The summed E-state index contributed by atoms with van der Waals surface area (Å²) in [7, 11) is -3.64. The zero-order chi connectivity index (χ0) is 21.6. The van der Waals surface area contributed by atoms with Crippen LogP contribution in [0.5, 0.6) is 0 Å². The molecule has 0 bridgehead atoms. The predicted octanol–water partition coefficient (Wildman–Crippen LogP) is 2.20. The second-order valence-electron chi connectivity index (χ2n) is 6.62. The lowest BCUT2D eigenvalue weighted by atomic mass is 10.1. The van der Waals surface area contributed by atoms with Gasteiger partial charge >= 0.3 is 5.69 Å². The first-order valence-corrected chi connectivity index (χ1v) is 10.6. The Morgan fingerprint density at radius 2 is 2.10 bits per heavy atom. The van der Waals surface area contributed by atoms with E-state index in [0.29, 0.717) is 27.4 Å². The number of nitro groups is 1. The lowest BCUT2D eigenvalue weighted by molar-refractivity contribution is -0.384. The molecule has 0 aliphatic carbocycles. The Morgan fingerprint density at radius 3 is 2.77 bits per heavy atom. The SMILES string of the molecule is CC(=O)N=c1cc2c3c(oc4ccccc4c3[nH]n2CCOS(C)(=O)=O)c1[N+](=O)[O-]. The molecular weight excluding hydrogens is 416 g/mol. The zero-order valence-corrected chi connectivity index (χ0v) is 16.7. The highest BCUT2D eigenvalue weighted by Crippen LogP contribution is 2.36. The van der Waals surface area contributed by atoms with Crippen molar-refractivity contribution < 1.29 is 26.7 Å². The summed E-state index contributed by atoms with van der Waals surface area (Å²) in [6.45, 7) is 1.13. The fourth-order valence-electron chi connectivity index (χ4n) is 3.38. The molecule has 0 aliphatic rings. The van der Waals surface area contributed by atoms with Crippen molar-refractivity contribution in [1.29, 1.82) is 0 Å². The molecule has 4 rings (SSSR count). The molecule has 156 valence electrons. The quantitative estimate of drug-likeness (QED) is 0.220. The number of carbonyl (C=O) groups is 1. The van der Waals surface area contributed by atoms with Crippen molar-refractivity contribution in [2.45, 2.75) is 13.5 Å². The van der Waals surface area contributed by atoms with Gasteiger partial charge in [0.2, 0.25) is 11.5 Å². The molecule has 0 fully saturated rings. The highest BCUT2D eigenvalue weighted by atomic mass is 32.2. The van der Waals surface area contributed by atoms with Gasteiger partial charge in [-0.3, -0.25) is 28.9 Å². The zero-order valence-electron chi connectivity index (χ0n) is 15.9. The Labute approximate surface area is 168 Å². The number of aromatic amines is 1. The number of benzene rings is 2. The number of carbonyl (C=O) groups excluding carboxylic acids is 1. The molecule has 0 unspecified atom stereocenters. The Hall–Kier alpha value is -3.51. The maximum absolute atomic E-state index is 11.8. The molecule has 2 heterocycles. The number of H-pyrrole nitrogens is 1. The first-order valence-electron chi connectivity index (χ1n) is 8.76. The highest BCUT2D eigenvalue weighted by molar-refractivity contribution is 7.85. The molecule has 30 heavy (non-hydrogen) atoms. The number of nitro benzene ring substituents is 1. The number of hydrogen-bond acceptors (Lipinski definition) is 7. The maximum atomic E-state index is 11.8. The standard InChI is InChI=1S/C18H16N4O7S/c1-10(23)19-12-9-13-15-16(20-21(13)7-8-28-30(2,26)27)11-5-3-4-6-14(11)29-18(15)17(12)22(24)25/h3-6,9,20H,7-8H2,1-2H3. The van der Waals surface area contributed by atoms with Crippen molar-refractivity contribution in [1.82, 2.24) is 9.78 Å². The molecule has 0 radical (unpaired) electrons. The first kappa shape index (κ1) is 19.8. The van der Waals surface area contributed by atoms with Gasteiger partial charge in [-0.15, -0.1) is 0 Å². The molecule has 2 aromatic carbocycles. The average Bonchev–Trinajstić information content (AvgIpc) is 2.99. The van der Waals surface area contributed by atoms with Gasteiger partial charge in [0.05, 0.1) is 40.8 Å². The van der Waals surface area contributed by atoms with Crippen LogP contribution in [0.3, 0.4) is 0 Å². The molecule has 0 aliphatic heterocycles. The van der Waals surface area contributed by atoms with Crippen LogP contribution < -0.4 is 5.36 Å². The van der Waals surface area contributed by atoms with Gasteiger partial charge in [-0.05, 0) is 18.2 Å². The highest BCUT2D eigenvalue weighted by Gasteiger charge is 2.25. The van der Waals surface area contributed by atoms with E-state index < -0.39 is 26.6 Å². The number of fused-ring (bicyclic) bond motifs is 2. The van der Waals surface area contributed by atoms with E-state index in [4.69, 9.17) is 8.60 Å². The fourth-order valence-corrected chi connectivity index (χ4v) is 3.76. The van der Waals surface area contributed by atoms with Crippen molar-refractivity contribution in [2.75, 3.05) is 12.9 Å². The molecule has 0 saturated heterocycles. The number of nitrogens with zero attached hydrogens (tertiary/aromatic N) is 3. The number of aromatic nitrogens is 2. The van der Waals surface area contributed by atoms with Gasteiger partial charge in [0, 0.05) is 12.3 Å². The first-order chi connectivity index (χ1) is 14.2. The largest absolute Gasteiger partial charge is 0.449 e. The number of nitrogens with one attached hydrogen (secondary N) is 1. The maximum Gasteiger partial charge on any atom is 0.337 e. The summed E-state index contributed by atoms with van der Waals surface area (Å²) >= 11 is 0. The lowest BCUT2D eigenvalue weighted by Gasteiger charge is -2.05. The third-order valence-electron chi connectivity index (χ3n) is 4.44. The van der Waals surface area contributed by atoms with E-state index in [9.17, 15) is 23.3 Å². The summed E-state index contributed by atoms with van der Waals surface area (Å²) in [6.07, 6.45) is 0.944. The summed E-state index contributed by atoms with van der Waals surface area (Å²) in [4.78, 5) is 26.5. The van der Waals surface area contributed by atoms with Gasteiger partial charge in [-0.1, -0.05) is 12.1 Å². The van der Waals surface area contributed by atoms with E-state index in [-0.39, 0.29) is 24.1 Å². The van der Waals surface area contributed by atoms with E-state index >= 15 is 0 Å². The number of amides is 1. The molecular formula is C18H16N4O7S. The molecule has 1 N–H and O–H groups in total. The second kappa shape index (κ2) is 7.07. The van der Waals surface area contributed by atoms with Crippen LogP contribution in [0, 0.1) is 10.1 Å². The molecule has 4 aromatic rings. The number of hydrogen-bond donors (Lipinski definition) is 1. The van der Waals surface area contributed by atoms with Crippen LogP contribution >= 0.6 is 0 Å². The van der Waals surface area contributed by atoms with Gasteiger partial charge < -0.3 is 4.42 Å². The molecule has 0 atom stereocenters. The van der Waals surface area contributed by atoms with Crippen molar-refractivity contribution in [2.24, 2.45) is 4.99 Å². The van der Waals surface area contributed by atoms with Crippen molar-refractivity contribution in [3.63, 3.8) is 0 Å². The molecule has 2 aromatic heterocycles. The smallest absolute Gasteiger partial charge is 0.337 e. The van der Waals surface area contributed by atoms with Gasteiger partial charge in [-0.2, -0.15) is 8.42 Å². The number of para-hydroxylation sites is 1. The van der Waals surface area contributed by atoms with E-state index in [2.05, 4.69) is 10.1 Å². The number of rotatable bonds is 5. The average molecular weight is 432 g/mol. The van der Waals surface area contributed by atoms with Crippen molar-refractivity contribution in [3.8, 4) is 0 Å². The molecule has 11 nitrogen and oxygen atoms in total. The third-order valence-corrected chi connectivity index (χ3v) is 5.04. The minimum Gasteiger partial charge on any atom is -0.449 e. The topological polar surface area (TPSA) is 150 Å². The van der Waals surface area contributed by atoms with Crippen LogP contribution in [0.2, 0.25) is 0 Å². The van der Waals surface area contributed by atoms with Crippen LogP contribution in [0.25, 0.3) is 33.0 Å². The predicted molar refractivity (Wildman–Crippen MR) is 107 cm³/mol. The summed E-state index contributed by atoms with van der Waals surface area (Å²) in [5.74, 6) is -0.608. The molecule has 12 heteroatoms. The Balaban J connectivity index is 2.11. The van der Waals surface area contributed by atoms with E-state index in [1.807, 2.05) is 0 Å². The number of non-ortho nitro benzene ring substituents is 1. The van der Waals surface area contributed by atoms with Crippen LogP contribution in [0.1, 0.15) is 6.92 Å². The Morgan fingerprint density at radius 1 is 1.37 bits per heavy atom. The Kier molecular flexibility index (Phi) is 4.67. The van der Waals surface area contributed by atoms with E-state index in [1.165, 1.54) is 13.0 Å². The summed E-state index contributed by atoms with van der Waals surface area (Å²) in [5.41, 5.74) is 0.962. The van der Waals surface area contributed by atoms with Crippen LogP contribution in [-0.4, -0.2) is 41.9 Å². The summed E-state index contributed by atoms with van der Waals surface area (Å²) in [6, 6.07) is 8.38. The van der Waals surface area contributed by atoms with Crippen LogP contribution in [-0.2, 0) is 25.6 Å². The van der Waals surface area contributed by atoms with Crippen LogP contribution in [0.15, 0.2) is 39.7 Å². The Bertz CT molecular complexity index is 1510. The van der Waals surface area contributed by atoms with Gasteiger partial charge in [0.25, 0.3) is 10.1 Å². The lowest BCUT2D eigenvalue weighted by Crippen LogP contribution is -2.14. The minimum absolute atomic E-state index is 0.0368. The van der Waals surface area contributed by atoms with Crippen molar-refractivity contribution in [3.05, 3.63) is 45.8 Å². The monoisotopic (exact) mass is 432 g/mol.